The summed E-state index contributed by atoms with van der Waals surface area (Å²) in [5.41, 5.74) is 0.109. The molecule has 1 aliphatic heterocycles. The Labute approximate surface area is 167 Å². The van der Waals surface area contributed by atoms with E-state index in [0.717, 1.165) is 25.9 Å². The van der Waals surface area contributed by atoms with Crippen LogP contribution in [0.1, 0.15) is 50.9 Å². The van der Waals surface area contributed by atoms with Gasteiger partial charge in [-0.3, -0.25) is 9.69 Å². The zero-order valence-corrected chi connectivity index (χ0v) is 17.9. The predicted octanol–water partition coefficient (Wildman–Crippen LogP) is 1.74. The average Bonchev–Trinajstić information content (AvgIpc) is 3.42. The van der Waals surface area contributed by atoms with Crippen molar-refractivity contribution in [3.63, 3.8) is 0 Å². The summed E-state index contributed by atoms with van der Waals surface area (Å²) in [4.78, 5) is 15.1. The Morgan fingerprint density at radius 3 is 2.46 bits per heavy atom. The second-order valence-electron chi connectivity index (χ2n) is 8.58. The number of morpholine rings is 1. The number of hydrogen-bond donors (Lipinski definition) is 2. The number of amides is 1. The smallest absolute Gasteiger partial charge is 0.251 e. The molecule has 156 valence electrons. The highest BCUT2D eigenvalue weighted by atomic mass is 32.2. The normalized spacial score (nSPS) is 24.1. The highest BCUT2D eigenvalue weighted by Gasteiger charge is 2.33. The Balaban J connectivity index is 1.63. The number of carbonyl (C=O) groups excluding carboxylic acids is 1. The maximum atomic E-state index is 12.6. The summed E-state index contributed by atoms with van der Waals surface area (Å²) in [7, 11) is -3.58. The van der Waals surface area contributed by atoms with E-state index in [2.05, 4.69) is 42.6 Å². The van der Waals surface area contributed by atoms with E-state index in [1.807, 2.05) is 0 Å². The summed E-state index contributed by atoms with van der Waals surface area (Å²) < 4.78 is 33.2. The molecule has 28 heavy (non-hydrogen) atoms. The van der Waals surface area contributed by atoms with Gasteiger partial charge in [-0.2, -0.15) is 0 Å². The van der Waals surface area contributed by atoms with E-state index in [9.17, 15) is 13.2 Å². The topological polar surface area (TPSA) is 87.7 Å². The third-order valence-electron chi connectivity index (χ3n) is 5.26. The maximum absolute atomic E-state index is 12.6. The van der Waals surface area contributed by atoms with Gasteiger partial charge in [0.2, 0.25) is 10.0 Å². The molecular weight excluding hydrogens is 378 g/mol. The average molecular weight is 410 g/mol. The third-order valence-corrected chi connectivity index (χ3v) is 6.78. The van der Waals surface area contributed by atoms with Gasteiger partial charge in [0, 0.05) is 36.8 Å². The number of ether oxygens (including phenoxy) is 1. The number of rotatable bonds is 7. The van der Waals surface area contributed by atoms with Gasteiger partial charge in [0.1, 0.15) is 0 Å². The van der Waals surface area contributed by atoms with Crippen LogP contribution in [-0.4, -0.2) is 62.6 Å². The van der Waals surface area contributed by atoms with Crippen LogP contribution in [0.2, 0.25) is 0 Å². The number of carbonyl (C=O) groups is 1. The Morgan fingerprint density at radius 1 is 1.21 bits per heavy atom. The van der Waals surface area contributed by atoms with Gasteiger partial charge in [-0.15, -0.1) is 0 Å². The van der Waals surface area contributed by atoms with Crippen LogP contribution in [0.15, 0.2) is 29.2 Å². The lowest BCUT2D eigenvalue weighted by Gasteiger charge is -2.45. The molecule has 3 rings (SSSR count). The highest BCUT2D eigenvalue weighted by Crippen LogP contribution is 2.23. The molecule has 1 aliphatic carbocycles. The molecule has 0 bridgehead atoms. The van der Waals surface area contributed by atoms with Gasteiger partial charge in [-0.25, -0.2) is 13.1 Å². The van der Waals surface area contributed by atoms with E-state index in [4.69, 9.17) is 4.74 Å². The number of nitrogens with zero attached hydrogens (tertiary/aromatic N) is 1. The minimum atomic E-state index is -3.58. The van der Waals surface area contributed by atoms with E-state index in [-0.39, 0.29) is 34.6 Å². The second-order valence-corrected chi connectivity index (χ2v) is 10.3. The standard InChI is InChI=1S/C20H31N3O4S/c1-14-11-23(12-15(2)27-14)20(3,4)13-21-19(24)16-6-5-7-18(10-16)28(25,26)22-17-8-9-17/h5-7,10,14-15,17,22H,8-9,11-13H2,1-4H3,(H,21,24)/t14-,15+. The number of hydrogen-bond acceptors (Lipinski definition) is 5. The van der Waals surface area contributed by atoms with Crippen molar-refractivity contribution in [1.82, 2.24) is 14.9 Å². The first-order valence-electron chi connectivity index (χ1n) is 9.88. The van der Waals surface area contributed by atoms with Gasteiger partial charge < -0.3 is 10.1 Å². The molecule has 0 spiro atoms. The molecular formula is C20H31N3O4S. The van der Waals surface area contributed by atoms with Gasteiger partial charge >= 0.3 is 0 Å². The van der Waals surface area contributed by atoms with Crippen LogP contribution >= 0.6 is 0 Å². The molecule has 0 radical (unpaired) electrons. The molecule has 1 saturated heterocycles. The van der Waals surface area contributed by atoms with Gasteiger partial charge in [0.15, 0.2) is 0 Å². The van der Waals surface area contributed by atoms with Crippen LogP contribution in [0, 0.1) is 0 Å². The summed E-state index contributed by atoms with van der Waals surface area (Å²) in [5, 5.41) is 2.96. The van der Waals surface area contributed by atoms with Crippen molar-refractivity contribution in [2.75, 3.05) is 19.6 Å². The summed E-state index contributed by atoms with van der Waals surface area (Å²) in [5.74, 6) is -0.272. The summed E-state index contributed by atoms with van der Waals surface area (Å²) in [6, 6.07) is 6.22. The van der Waals surface area contributed by atoms with Gasteiger partial charge in [0.25, 0.3) is 5.91 Å². The molecule has 2 atom stereocenters. The lowest BCUT2D eigenvalue weighted by Crippen LogP contribution is -2.58. The van der Waals surface area contributed by atoms with E-state index < -0.39 is 10.0 Å². The van der Waals surface area contributed by atoms with Crippen LogP contribution < -0.4 is 10.0 Å². The minimum Gasteiger partial charge on any atom is -0.373 e. The van der Waals surface area contributed by atoms with Crippen molar-refractivity contribution in [3.05, 3.63) is 29.8 Å². The first-order chi connectivity index (χ1) is 13.1. The van der Waals surface area contributed by atoms with Crippen LogP contribution in [0.5, 0.6) is 0 Å². The molecule has 8 heteroatoms. The Kier molecular flexibility index (Phi) is 6.14. The third kappa shape index (κ3) is 5.31. The van der Waals surface area contributed by atoms with Crippen LogP contribution in [0.4, 0.5) is 0 Å². The summed E-state index contributed by atoms with van der Waals surface area (Å²) in [6.45, 7) is 10.4. The molecule has 1 amide bonds. The van der Waals surface area contributed by atoms with Crippen LogP contribution in [0.25, 0.3) is 0 Å². The van der Waals surface area contributed by atoms with E-state index in [1.165, 1.54) is 12.1 Å². The van der Waals surface area contributed by atoms with Crippen molar-refractivity contribution >= 4 is 15.9 Å². The molecule has 1 aromatic rings. The first-order valence-corrected chi connectivity index (χ1v) is 11.4. The first kappa shape index (κ1) is 21.2. The second kappa shape index (κ2) is 8.10. The molecule has 0 aromatic heterocycles. The SMILES string of the molecule is C[C@@H]1CN(C(C)(C)CNC(=O)c2cccc(S(=O)(=O)NC3CC3)c2)C[C@H](C)O1. The maximum Gasteiger partial charge on any atom is 0.251 e. The van der Waals surface area contributed by atoms with Crippen molar-refractivity contribution in [2.45, 2.75) is 69.2 Å². The fourth-order valence-corrected chi connectivity index (χ4v) is 4.83. The summed E-state index contributed by atoms with van der Waals surface area (Å²) >= 11 is 0. The number of nitrogens with one attached hydrogen (secondary N) is 2. The molecule has 1 aromatic carbocycles. The molecule has 2 fully saturated rings. The molecule has 2 N–H and O–H groups in total. The van der Waals surface area contributed by atoms with Gasteiger partial charge in [0.05, 0.1) is 17.1 Å². The molecule has 2 aliphatic rings. The lowest BCUT2D eigenvalue weighted by molar-refractivity contribution is -0.0948. The fourth-order valence-electron chi connectivity index (χ4n) is 3.48. The number of benzene rings is 1. The molecule has 7 nitrogen and oxygen atoms in total. The predicted molar refractivity (Wildman–Crippen MR) is 108 cm³/mol. The molecule has 1 saturated carbocycles. The zero-order chi connectivity index (χ0) is 20.5. The van der Waals surface area contributed by atoms with E-state index >= 15 is 0 Å². The zero-order valence-electron chi connectivity index (χ0n) is 17.1. The van der Waals surface area contributed by atoms with Gasteiger partial charge in [-0.05, 0) is 58.7 Å². The summed E-state index contributed by atoms with van der Waals surface area (Å²) in [6.07, 6.45) is 2.04. The Morgan fingerprint density at radius 2 is 1.86 bits per heavy atom. The Bertz CT molecular complexity index is 810. The monoisotopic (exact) mass is 409 g/mol. The van der Waals surface area contributed by atoms with E-state index in [1.54, 1.807) is 12.1 Å². The van der Waals surface area contributed by atoms with Crippen molar-refractivity contribution < 1.29 is 17.9 Å². The quantitative estimate of drug-likeness (QED) is 0.716. The van der Waals surface area contributed by atoms with E-state index in [0.29, 0.717) is 12.1 Å². The number of sulfonamides is 1. The van der Waals surface area contributed by atoms with Crippen molar-refractivity contribution in [1.29, 1.82) is 0 Å². The minimum absolute atomic E-state index is 0.0292. The highest BCUT2D eigenvalue weighted by molar-refractivity contribution is 7.89. The van der Waals surface area contributed by atoms with Crippen LogP contribution in [0.3, 0.4) is 0 Å². The largest absolute Gasteiger partial charge is 0.373 e. The molecule has 0 unspecified atom stereocenters. The Hall–Kier alpha value is -1.48. The van der Waals surface area contributed by atoms with Gasteiger partial charge in [-0.1, -0.05) is 6.07 Å². The molecule has 1 heterocycles. The van der Waals surface area contributed by atoms with Crippen LogP contribution in [-0.2, 0) is 14.8 Å². The fraction of sp³-hybridized carbons (Fsp3) is 0.650. The van der Waals surface area contributed by atoms with Crippen molar-refractivity contribution in [3.8, 4) is 0 Å². The van der Waals surface area contributed by atoms with Crippen molar-refractivity contribution in [2.24, 2.45) is 0 Å². The lowest BCUT2D eigenvalue weighted by atomic mass is 10.00.